The van der Waals surface area contributed by atoms with E-state index in [1.54, 1.807) is 18.2 Å². The van der Waals surface area contributed by atoms with E-state index in [0.29, 0.717) is 0 Å². The molecule has 0 atom stereocenters. The zero-order chi connectivity index (χ0) is 6.69. The van der Waals surface area contributed by atoms with Gasteiger partial charge in [0.2, 0.25) is 5.91 Å². The first kappa shape index (κ1) is 6.26. The van der Waals surface area contributed by atoms with Crippen molar-refractivity contribution in [3.8, 4) is 0 Å². The fourth-order valence-corrected chi connectivity index (χ4v) is 0.785. The maximum absolute atomic E-state index is 10.6. The molecule has 50 valence electrons. The second-order valence-corrected chi connectivity index (χ2v) is 2.09. The van der Waals surface area contributed by atoms with Crippen LogP contribution in [0.4, 0.5) is 0 Å². The van der Waals surface area contributed by atoms with Gasteiger partial charge in [0, 0.05) is 20.0 Å². The summed E-state index contributed by atoms with van der Waals surface area (Å²) in [5.41, 5.74) is 0. The summed E-state index contributed by atoms with van der Waals surface area (Å²) >= 11 is 0. The minimum atomic E-state index is 0.0819. The summed E-state index contributed by atoms with van der Waals surface area (Å²) in [7, 11) is 0. The quantitative estimate of drug-likeness (QED) is 0.458. The minimum Gasteiger partial charge on any atom is -0.303 e. The smallest absolute Gasteiger partial charge is 0.224 e. The standard InChI is InChI=1S/C6H10N2O/c1-6(9)8-4-2-3-7-5-8/h5H,2-4H2,1H3. The molecule has 0 spiro atoms. The SMILES string of the molecule is CC(=O)N1C=NCCC1. The molecule has 0 bridgehead atoms. The Balaban J connectivity index is 2.50. The van der Waals surface area contributed by atoms with Crippen molar-refractivity contribution >= 4 is 12.2 Å². The van der Waals surface area contributed by atoms with Crippen molar-refractivity contribution in [3.05, 3.63) is 0 Å². The Morgan fingerprint density at radius 3 is 2.89 bits per heavy atom. The van der Waals surface area contributed by atoms with Gasteiger partial charge >= 0.3 is 0 Å². The highest BCUT2D eigenvalue weighted by Gasteiger charge is 2.06. The van der Waals surface area contributed by atoms with Gasteiger partial charge in [-0.3, -0.25) is 9.79 Å². The first-order valence-corrected chi connectivity index (χ1v) is 3.08. The molecule has 1 heterocycles. The average molecular weight is 126 g/mol. The van der Waals surface area contributed by atoms with Crippen molar-refractivity contribution in [2.45, 2.75) is 13.3 Å². The van der Waals surface area contributed by atoms with E-state index in [1.165, 1.54) is 0 Å². The molecule has 3 heteroatoms. The molecule has 0 aliphatic carbocycles. The first-order chi connectivity index (χ1) is 4.30. The van der Waals surface area contributed by atoms with Gasteiger partial charge < -0.3 is 4.90 Å². The number of hydrogen-bond donors (Lipinski definition) is 0. The number of nitrogens with zero attached hydrogens (tertiary/aromatic N) is 2. The van der Waals surface area contributed by atoms with Crippen LogP contribution in [0.1, 0.15) is 13.3 Å². The lowest BCUT2D eigenvalue weighted by Gasteiger charge is -2.17. The van der Waals surface area contributed by atoms with Crippen molar-refractivity contribution < 1.29 is 4.79 Å². The van der Waals surface area contributed by atoms with E-state index in [0.717, 1.165) is 19.5 Å². The molecule has 0 saturated carbocycles. The lowest BCUT2D eigenvalue weighted by Crippen LogP contribution is -2.31. The topological polar surface area (TPSA) is 32.7 Å². The molecule has 0 aromatic carbocycles. The summed E-state index contributed by atoms with van der Waals surface area (Å²) < 4.78 is 0. The second kappa shape index (κ2) is 2.62. The van der Waals surface area contributed by atoms with Crippen LogP contribution in [0.5, 0.6) is 0 Å². The van der Waals surface area contributed by atoms with Crippen LogP contribution in [-0.4, -0.2) is 30.2 Å². The number of carbonyl (C=O) groups excluding carboxylic acids is 1. The zero-order valence-electron chi connectivity index (χ0n) is 5.50. The number of hydrogen-bond acceptors (Lipinski definition) is 2. The van der Waals surface area contributed by atoms with E-state index in [9.17, 15) is 4.79 Å². The summed E-state index contributed by atoms with van der Waals surface area (Å²) in [6.45, 7) is 3.25. The van der Waals surface area contributed by atoms with Crippen LogP contribution in [0, 0.1) is 0 Å². The van der Waals surface area contributed by atoms with Gasteiger partial charge in [0.1, 0.15) is 0 Å². The Labute approximate surface area is 54.4 Å². The molecule has 0 N–H and O–H groups in total. The van der Waals surface area contributed by atoms with Crippen LogP contribution in [0.3, 0.4) is 0 Å². The number of carbonyl (C=O) groups is 1. The second-order valence-electron chi connectivity index (χ2n) is 2.09. The number of aliphatic imine (C=N–C) groups is 1. The van der Waals surface area contributed by atoms with Gasteiger partial charge in [0.05, 0.1) is 6.34 Å². The molecule has 1 amide bonds. The van der Waals surface area contributed by atoms with Crippen molar-refractivity contribution in [3.63, 3.8) is 0 Å². The Morgan fingerprint density at radius 1 is 1.78 bits per heavy atom. The van der Waals surface area contributed by atoms with Crippen LogP contribution in [0.2, 0.25) is 0 Å². The summed E-state index contributed by atoms with van der Waals surface area (Å²) in [5, 5.41) is 0. The zero-order valence-corrected chi connectivity index (χ0v) is 5.50. The van der Waals surface area contributed by atoms with Crippen molar-refractivity contribution in [2.75, 3.05) is 13.1 Å². The molecule has 0 saturated heterocycles. The van der Waals surface area contributed by atoms with Crippen molar-refractivity contribution in [1.82, 2.24) is 4.90 Å². The molecular formula is C6H10N2O. The molecule has 0 unspecified atom stereocenters. The fraction of sp³-hybridized carbons (Fsp3) is 0.667. The molecule has 0 fully saturated rings. The highest BCUT2D eigenvalue weighted by Crippen LogP contribution is 1.95. The van der Waals surface area contributed by atoms with E-state index >= 15 is 0 Å². The molecular weight excluding hydrogens is 116 g/mol. The summed E-state index contributed by atoms with van der Waals surface area (Å²) in [5.74, 6) is 0.0819. The fourth-order valence-electron chi connectivity index (χ4n) is 0.785. The Bertz CT molecular complexity index is 142. The van der Waals surface area contributed by atoms with E-state index in [2.05, 4.69) is 4.99 Å². The molecule has 0 aromatic heterocycles. The first-order valence-electron chi connectivity index (χ1n) is 3.08. The van der Waals surface area contributed by atoms with Gasteiger partial charge in [-0.2, -0.15) is 0 Å². The summed E-state index contributed by atoms with van der Waals surface area (Å²) in [6, 6.07) is 0. The maximum atomic E-state index is 10.6. The van der Waals surface area contributed by atoms with Crippen LogP contribution in [-0.2, 0) is 4.79 Å². The molecule has 0 radical (unpaired) electrons. The van der Waals surface area contributed by atoms with Crippen molar-refractivity contribution in [2.24, 2.45) is 4.99 Å². The van der Waals surface area contributed by atoms with E-state index in [-0.39, 0.29) is 5.91 Å². The van der Waals surface area contributed by atoms with E-state index in [4.69, 9.17) is 0 Å². The van der Waals surface area contributed by atoms with Crippen LogP contribution in [0.25, 0.3) is 0 Å². The van der Waals surface area contributed by atoms with Crippen LogP contribution >= 0.6 is 0 Å². The minimum absolute atomic E-state index is 0.0819. The lowest BCUT2D eigenvalue weighted by molar-refractivity contribution is -0.125. The highest BCUT2D eigenvalue weighted by molar-refractivity contribution is 5.86. The Morgan fingerprint density at radius 2 is 2.56 bits per heavy atom. The van der Waals surface area contributed by atoms with Crippen LogP contribution < -0.4 is 0 Å². The van der Waals surface area contributed by atoms with E-state index < -0.39 is 0 Å². The maximum Gasteiger partial charge on any atom is 0.224 e. The van der Waals surface area contributed by atoms with Gasteiger partial charge in [-0.05, 0) is 6.42 Å². The molecule has 9 heavy (non-hydrogen) atoms. The normalized spacial score (nSPS) is 18.1. The van der Waals surface area contributed by atoms with Gasteiger partial charge in [-0.15, -0.1) is 0 Å². The molecule has 1 aliphatic rings. The van der Waals surface area contributed by atoms with Gasteiger partial charge in [0.25, 0.3) is 0 Å². The predicted octanol–water partition coefficient (Wildman–Crippen LogP) is 0.267. The van der Waals surface area contributed by atoms with Crippen LogP contribution in [0.15, 0.2) is 4.99 Å². The molecule has 0 aromatic rings. The van der Waals surface area contributed by atoms with Gasteiger partial charge in [-0.25, -0.2) is 0 Å². The molecule has 1 rings (SSSR count). The Kier molecular flexibility index (Phi) is 1.82. The van der Waals surface area contributed by atoms with E-state index in [1.807, 2.05) is 0 Å². The predicted molar refractivity (Wildman–Crippen MR) is 35.4 cm³/mol. The third kappa shape index (κ3) is 1.52. The average Bonchev–Trinajstić information content (AvgIpc) is 1.90. The third-order valence-electron chi connectivity index (χ3n) is 1.31. The van der Waals surface area contributed by atoms with Gasteiger partial charge in [0.15, 0.2) is 0 Å². The molecule has 1 aliphatic heterocycles. The highest BCUT2D eigenvalue weighted by atomic mass is 16.2. The largest absolute Gasteiger partial charge is 0.303 e. The summed E-state index contributed by atoms with van der Waals surface area (Å²) in [4.78, 5) is 16.2. The van der Waals surface area contributed by atoms with Gasteiger partial charge in [-0.1, -0.05) is 0 Å². The third-order valence-corrected chi connectivity index (χ3v) is 1.31. The number of amides is 1. The number of rotatable bonds is 0. The lowest BCUT2D eigenvalue weighted by atomic mass is 10.3. The van der Waals surface area contributed by atoms with Crippen molar-refractivity contribution in [1.29, 1.82) is 0 Å². The molecule has 3 nitrogen and oxygen atoms in total. The monoisotopic (exact) mass is 126 g/mol. The summed E-state index contributed by atoms with van der Waals surface area (Å²) in [6.07, 6.45) is 2.61. The Hall–Kier alpha value is -0.860.